The lowest BCUT2D eigenvalue weighted by molar-refractivity contribution is 0.460. The van der Waals surface area contributed by atoms with E-state index in [1.807, 2.05) is 19.1 Å². The van der Waals surface area contributed by atoms with E-state index in [9.17, 15) is 8.42 Å². The second-order valence-corrected chi connectivity index (χ2v) is 6.43. The van der Waals surface area contributed by atoms with Crippen LogP contribution in [0.1, 0.15) is 19.4 Å². The molecule has 4 nitrogen and oxygen atoms in total. The second kappa shape index (κ2) is 8.19. The molecule has 0 heterocycles. The van der Waals surface area contributed by atoms with Gasteiger partial charge in [0.05, 0.1) is 4.90 Å². The molecule has 20 heavy (non-hydrogen) atoms. The highest BCUT2D eigenvalue weighted by molar-refractivity contribution is 7.89. The highest BCUT2D eigenvalue weighted by Gasteiger charge is 2.21. The number of nitrogens with one attached hydrogen (secondary N) is 1. The lowest BCUT2D eigenvalue weighted by atomic mass is 10.1. The third-order valence-electron chi connectivity index (χ3n) is 3.09. The Kier molecular flexibility index (Phi) is 6.91. The highest BCUT2D eigenvalue weighted by atomic mass is 32.2. The van der Waals surface area contributed by atoms with Crippen molar-refractivity contribution in [2.75, 3.05) is 26.2 Å². The van der Waals surface area contributed by atoms with E-state index in [1.54, 1.807) is 18.2 Å². The summed E-state index contributed by atoms with van der Waals surface area (Å²) in [7, 11) is -3.41. The molecule has 0 fully saturated rings. The summed E-state index contributed by atoms with van der Waals surface area (Å²) in [5.74, 6) is 0. The fourth-order valence-corrected chi connectivity index (χ4v) is 3.35. The Labute approximate surface area is 122 Å². The minimum absolute atomic E-state index is 0.334. The van der Waals surface area contributed by atoms with Gasteiger partial charge in [0.1, 0.15) is 0 Å². The quantitative estimate of drug-likeness (QED) is 0.560. The molecule has 0 unspecified atom stereocenters. The van der Waals surface area contributed by atoms with Crippen LogP contribution in [0.4, 0.5) is 0 Å². The van der Waals surface area contributed by atoms with Gasteiger partial charge in [-0.05, 0) is 37.2 Å². The van der Waals surface area contributed by atoms with Gasteiger partial charge in [-0.25, -0.2) is 8.42 Å². The molecule has 0 atom stereocenters. The zero-order valence-electron chi connectivity index (χ0n) is 12.3. The lowest BCUT2D eigenvalue weighted by Gasteiger charge is -2.18. The summed E-state index contributed by atoms with van der Waals surface area (Å²) in [6.45, 7) is 10.1. The summed E-state index contributed by atoms with van der Waals surface area (Å²) in [5, 5.41) is 3.25. The molecule has 0 saturated carbocycles. The number of nitrogens with zero attached hydrogens (tertiary/aromatic N) is 1. The molecule has 0 amide bonds. The summed E-state index contributed by atoms with van der Waals surface area (Å²) in [6, 6.07) is 7.13. The van der Waals surface area contributed by atoms with E-state index in [2.05, 4.69) is 18.8 Å². The van der Waals surface area contributed by atoms with Crippen LogP contribution in [-0.4, -0.2) is 38.9 Å². The lowest BCUT2D eigenvalue weighted by Crippen LogP contribution is -2.31. The first kappa shape index (κ1) is 16.9. The Bertz CT molecular complexity index is 509. The maximum Gasteiger partial charge on any atom is 0.243 e. The number of benzene rings is 1. The zero-order chi connectivity index (χ0) is 15.0. The maximum atomic E-state index is 12.4. The van der Waals surface area contributed by atoms with Crippen LogP contribution in [0, 0.1) is 0 Å². The third kappa shape index (κ3) is 4.44. The fraction of sp³-hybridized carbons (Fsp3) is 0.467. The van der Waals surface area contributed by atoms with Crippen LogP contribution < -0.4 is 5.32 Å². The van der Waals surface area contributed by atoms with Crippen LogP contribution in [0.5, 0.6) is 0 Å². The van der Waals surface area contributed by atoms with Crippen LogP contribution in [0.2, 0.25) is 0 Å². The number of likely N-dealkylation sites (N-methyl/N-ethyl adjacent to an activating group) is 2. The molecule has 1 rings (SSSR count). The normalized spacial score (nSPS) is 11.8. The molecule has 0 aromatic heterocycles. The van der Waals surface area contributed by atoms with Gasteiger partial charge in [0.15, 0.2) is 0 Å². The van der Waals surface area contributed by atoms with Gasteiger partial charge in [0, 0.05) is 13.1 Å². The molecule has 0 aliphatic heterocycles. The Balaban J connectivity index is 2.83. The van der Waals surface area contributed by atoms with Crippen LogP contribution in [0.3, 0.4) is 0 Å². The van der Waals surface area contributed by atoms with Gasteiger partial charge in [0.2, 0.25) is 10.0 Å². The van der Waals surface area contributed by atoms with Crippen LogP contribution in [0.25, 0.3) is 0 Å². The predicted octanol–water partition coefficient (Wildman–Crippen LogP) is 2.04. The number of hydrogen-bond acceptors (Lipinski definition) is 3. The van der Waals surface area contributed by atoms with Gasteiger partial charge in [-0.15, -0.1) is 6.58 Å². The highest BCUT2D eigenvalue weighted by Crippen LogP contribution is 2.16. The molecule has 0 aliphatic rings. The van der Waals surface area contributed by atoms with Crippen molar-refractivity contribution in [1.82, 2.24) is 9.62 Å². The Hall–Kier alpha value is -1.17. The summed E-state index contributed by atoms with van der Waals surface area (Å²) in [5.41, 5.74) is 1.14. The molecule has 0 aliphatic carbocycles. The summed E-state index contributed by atoms with van der Waals surface area (Å²) >= 11 is 0. The van der Waals surface area contributed by atoms with Crippen LogP contribution in [0.15, 0.2) is 41.8 Å². The number of hydrogen-bond donors (Lipinski definition) is 1. The maximum absolute atomic E-state index is 12.4. The van der Waals surface area contributed by atoms with Gasteiger partial charge in [0.25, 0.3) is 0 Å². The van der Waals surface area contributed by atoms with Crippen molar-refractivity contribution >= 4 is 10.0 Å². The SMILES string of the molecule is C=CCN(CC)S(=O)(=O)c1ccc(CCNCC)cc1. The standard InChI is InChI=1S/C15H24N2O2S/c1-4-13-17(6-3)20(18,19)15-9-7-14(8-10-15)11-12-16-5-2/h4,7-10,16H,1,5-6,11-13H2,2-3H3. The monoisotopic (exact) mass is 296 g/mol. The summed E-state index contributed by atoms with van der Waals surface area (Å²) in [6.07, 6.45) is 2.50. The van der Waals surface area contributed by atoms with Crippen molar-refractivity contribution < 1.29 is 8.42 Å². The Morgan fingerprint density at radius 2 is 1.90 bits per heavy atom. The smallest absolute Gasteiger partial charge is 0.243 e. The molecule has 1 aromatic rings. The van der Waals surface area contributed by atoms with Crippen molar-refractivity contribution in [3.05, 3.63) is 42.5 Å². The first-order valence-corrected chi connectivity index (χ1v) is 8.41. The van der Waals surface area contributed by atoms with Crippen molar-refractivity contribution in [2.45, 2.75) is 25.2 Å². The topological polar surface area (TPSA) is 49.4 Å². The predicted molar refractivity (Wildman–Crippen MR) is 83.3 cm³/mol. The molecule has 5 heteroatoms. The molecule has 1 N–H and O–H groups in total. The summed E-state index contributed by atoms with van der Waals surface area (Å²) in [4.78, 5) is 0.341. The van der Waals surface area contributed by atoms with Crippen molar-refractivity contribution in [2.24, 2.45) is 0 Å². The van der Waals surface area contributed by atoms with Gasteiger partial charge in [-0.1, -0.05) is 32.1 Å². The molecule has 1 aromatic carbocycles. The zero-order valence-corrected chi connectivity index (χ0v) is 13.1. The van der Waals surface area contributed by atoms with E-state index >= 15 is 0 Å². The van der Waals surface area contributed by atoms with E-state index in [4.69, 9.17) is 0 Å². The molecule has 0 saturated heterocycles. The van der Waals surface area contributed by atoms with Gasteiger partial charge in [-0.2, -0.15) is 4.31 Å². The van der Waals surface area contributed by atoms with E-state index in [1.165, 1.54) is 4.31 Å². The second-order valence-electron chi connectivity index (χ2n) is 4.49. The molecule has 112 valence electrons. The number of rotatable bonds is 9. The third-order valence-corrected chi connectivity index (χ3v) is 5.04. The molecular weight excluding hydrogens is 272 g/mol. The average molecular weight is 296 g/mol. The first-order chi connectivity index (χ1) is 9.56. The van der Waals surface area contributed by atoms with E-state index in [0.29, 0.717) is 18.0 Å². The molecule has 0 bridgehead atoms. The average Bonchev–Trinajstić information content (AvgIpc) is 2.45. The van der Waals surface area contributed by atoms with Crippen molar-refractivity contribution in [1.29, 1.82) is 0 Å². The van der Waals surface area contributed by atoms with Crippen LogP contribution >= 0.6 is 0 Å². The van der Waals surface area contributed by atoms with Crippen molar-refractivity contribution in [3.8, 4) is 0 Å². The summed E-state index contributed by atoms with van der Waals surface area (Å²) < 4.78 is 26.2. The van der Waals surface area contributed by atoms with E-state index in [0.717, 1.165) is 25.1 Å². The fourth-order valence-electron chi connectivity index (χ4n) is 1.93. The van der Waals surface area contributed by atoms with Gasteiger partial charge < -0.3 is 5.32 Å². The van der Waals surface area contributed by atoms with Crippen LogP contribution in [-0.2, 0) is 16.4 Å². The largest absolute Gasteiger partial charge is 0.317 e. The minimum atomic E-state index is -3.41. The Morgan fingerprint density at radius 1 is 1.25 bits per heavy atom. The first-order valence-electron chi connectivity index (χ1n) is 6.97. The molecular formula is C15H24N2O2S. The Morgan fingerprint density at radius 3 is 2.40 bits per heavy atom. The van der Waals surface area contributed by atoms with Gasteiger partial charge >= 0.3 is 0 Å². The number of sulfonamides is 1. The minimum Gasteiger partial charge on any atom is -0.317 e. The van der Waals surface area contributed by atoms with Gasteiger partial charge in [-0.3, -0.25) is 0 Å². The van der Waals surface area contributed by atoms with E-state index < -0.39 is 10.0 Å². The van der Waals surface area contributed by atoms with Crippen molar-refractivity contribution in [3.63, 3.8) is 0 Å². The molecule has 0 radical (unpaired) electrons. The molecule has 0 spiro atoms. The van der Waals surface area contributed by atoms with E-state index in [-0.39, 0.29) is 0 Å².